The molecule has 0 spiro atoms. The van der Waals surface area contributed by atoms with Gasteiger partial charge in [0.05, 0.1) is 19.3 Å². The lowest BCUT2D eigenvalue weighted by Gasteiger charge is -2.50. The average Bonchev–Trinajstić information content (AvgIpc) is 2.46. The van der Waals surface area contributed by atoms with Gasteiger partial charge in [-0.25, -0.2) is 0 Å². The molecule has 2 rings (SSSR count). The monoisotopic (exact) mass is 309 g/mol. The SMILES string of the molecule is C[C@H]1OC([C@]2(O)CO[C@H](CO)[C@@H](O)[C]2O)[C@H](O)[C@@H](O)[C@@H]1O. The maximum atomic E-state index is 10.5. The second-order valence-electron chi connectivity index (χ2n) is 5.52. The molecule has 0 saturated carbocycles. The molecule has 2 aliphatic heterocycles. The molecule has 0 bridgehead atoms. The Kier molecular flexibility index (Phi) is 4.88. The minimum absolute atomic E-state index is 0.557. The van der Waals surface area contributed by atoms with E-state index in [1.807, 2.05) is 0 Å². The smallest absolute Gasteiger partial charge is 0.161 e. The summed E-state index contributed by atoms with van der Waals surface area (Å²) in [6.07, 6.45) is -10.7. The summed E-state index contributed by atoms with van der Waals surface area (Å²) in [5.74, 6) is 0. The second kappa shape index (κ2) is 6.03. The molecule has 2 heterocycles. The molecule has 2 aliphatic rings. The van der Waals surface area contributed by atoms with E-state index < -0.39 is 67.6 Å². The lowest BCUT2D eigenvalue weighted by molar-refractivity contribution is -0.296. The number of hydrogen-bond donors (Lipinski definition) is 7. The molecule has 0 aromatic carbocycles. The number of ether oxygens (including phenoxy) is 2. The molecule has 9 heteroatoms. The zero-order chi connectivity index (χ0) is 15.9. The first-order valence-electron chi connectivity index (χ1n) is 6.63. The van der Waals surface area contributed by atoms with Gasteiger partial charge in [-0.15, -0.1) is 0 Å². The van der Waals surface area contributed by atoms with Crippen molar-refractivity contribution in [1.82, 2.24) is 0 Å². The molecule has 123 valence electrons. The summed E-state index contributed by atoms with van der Waals surface area (Å²) in [6.45, 7) is 0.287. The predicted molar refractivity (Wildman–Crippen MR) is 65.3 cm³/mol. The van der Waals surface area contributed by atoms with Crippen LogP contribution in [0.1, 0.15) is 6.92 Å². The molecule has 2 fully saturated rings. The van der Waals surface area contributed by atoms with Crippen LogP contribution in [0.25, 0.3) is 0 Å². The molecule has 0 amide bonds. The number of hydrogen-bond acceptors (Lipinski definition) is 9. The summed E-state index contributed by atoms with van der Waals surface area (Å²) in [7, 11) is 0. The Morgan fingerprint density at radius 3 is 2.33 bits per heavy atom. The van der Waals surface area contributed by atoms with Gasteiger partial charge < -0.3 is 45.2 Å². The Bertz CT molecular complexity index is 367. The fourth-order valence-corrected chi connectivity index (χ4v) is 2.66. The van der Waals surface area contributed by atoms with Crippen LogP contribution in [0.5, 0.6) is 0 Å². The summed E-state index contributed by atoms with van der Waals surface area (Å²) in [4.78, 5) is 0. The molecular formula is C12H21O9. The van der Waals surface area contributed by atoms with Crippen molar-refractivity contribution in [2.45, 2.75) is 55.3 Å². The third kappa shape index (κ3) is 2.69. The normalized spacial score (nSPS) is 52.9. The quantitative estimate of drug-likeness (QED) is 0.272. The van der Waals surface area contributed by atoms with Gasteiger partial charge in [0.1, 0.15) is 36.6 Å². The highest BCUT2D eigenvalue weighted by Gasteiger charge is 2.59. The molecule has 7 N–H and O–H groups in total. The van der Waals surface area contributed by atoms with Crippen LogP contribution in [0.4, 0.5) is 0 Å². The maximum absolute atomic E-state index is 10.5. The zero-order valence-corrected chi connectivity index (χ0v) is 11.4. The molecule has 8 atom stereocenters. The van der Waals surface area contributed by atoms with E-state index in [4.69, 9.17) is 14.6 Å². The Labute approximate surface area is 121 Å². The van der Waals surface area contributed by atoms with Gasteiger partial charge in [0.15, 0.2) is 11.7 Å². The van der Waals surface area contributed by atoms with Crippen molar-refractivity contribution in [3.05, 3.63) is 6.10 Å². The van der Waals surface area contributed by atoms with E-state index >= 15 is 0 Å². The molecule has 1 radical (unpaired) electrons. The highest BCUT2D eigenvalue weighted by Crippen LogP contribution is 2.38. The van der Waals surface area contributed by atoms with Crippen LogP contribution in [-0.4, -0.2) is 97.3 Å². The standard InChI is InChI=1S/C12H21O9/c1-4-6(14)8(16)9(17)11(21-4)12(19)3-20-5(2-13)7(15)10(12)18/h4-9,11,13-19H,2-3H2,1H3/t4-,5-,6-,7-,8+,9-,11?,12+/m1/s1. The van der Waals surface area contributed by atoms with Crippen molar-refractivity contribution in [3.8, 4) is 0 Å². The summed E-state index contributed by atoms with van der Waals surface area (Å²) in [5, 5.41) is 68.6. The van der Waals surface area contributed by atoms with E-state index in [0.29, 0.717) is 0 Å². The minimum atomic E-state index is -2.28. The van der Waals surface area contributed by atoms with Crippen LogP contribution < -0.4 is 0 Å². The summed E-state index contributed by atoms with van der Waals surface area (Å²) >= 11 is 0. The highest BCUT2D eigenvalue weighted by molar-refractivity contribution is 5.17. The molecular weight excluding hydrogens is 288 g/mol. The van der Waals surface area contributed by atoms with E-state index in [1.165, 1.54) is 6.92 Å². The van der Waals surface area contributed by atoms with Crippen molar-refractivity contribution in [2.24, 2.45) is 0 Å². The molecule has 0 aromatic heterocycles. The lowest BCUT2D eigenvalue weighted by atomic mass is 9.78. The molecule has 0 aromatic rings. The van der Waals surface area contributed by atoms with Crippen molar-refractivity contribution in [1.29, 1.82) is 0 Å². The van der Waals surface area contributed by atoms with Gasteiger partial charge >= 0.3 is 0 Å². The van der Waals surface area contributed by atoms with Crippen LogP contribution >= 0.6 is 0 Å². The summed E-state index contributed by atoms with van der Waals surface area (Å²) < 4.78 is 10.3. The van der Waals surface area contributed by atoms with Crippen LogP contribution in [0, 0.1) is 6.10 Å². The fourth-order valence-electron chi connectivity index (χ4n) is 2.66. The Morgan fingerprint density at radius 2 is 1.76 bits per heavy atom. The van der Waals surface area contributed by atoms with Crippen molar-refractivity contribution in [3.63, 3.8) is 0 Å². The Hall–Kier alpha value is -0.360. The van der Waals surface area contributed by atoms with Gasteiger partial charge in [0.25, 0.3) is 0 Å². The van der Waals surface area contributed by atoms with Crippen LogP contribution in [0.2, 0.25) is 0 Å². The van der Waals surface area contributed by atoms with Gasteiger partial charge in [-0.05, 0) is 6.92 Å². The van der Waals surface area contributed by atoms with E-state index in [1.54, 1.807) is 0 Å². The number of rotatable bonds is 2. The third-order valence-corrected chi connectivity index (χ3v) is 4.10. The Morgan fingerprint density at radius 1 is 1.14 bits per heavy atom. The first-order valence-corrected chi connectivity index (χ1v) is 6.63. The van der Waals surface area contributed by atoms with Gasteiger partial charge in [-0.1, -0.05) is 0 Å². The molecule has 9 nitrogen and oxygen atoms in total. The molecule has 21 heavy (non-hydrogen) atoms. The third-order valence-electron chi connectivity index (χ3n) is 4.10. The first kappa shape index (κ1) is 17.0. The maximum Gasteiger partial charge on any atom is 0.161 e. The number of aliphatic hydroxyl groups excluding tert-OH is 6. The van der Waals surface area contributed by atoms with Gasteiger partial charge in [-0.2, -0.15) is 0 Å². The van der Waals surface area contributed by atoms with Crippen molar-refractivity contribution < 1.29 is 45.2 Å². The van der Waals surface area contributed by atoms with Crippen LogP contribution in [-0.2, 0) is 9.47 Å². The van der Waals surface area contributed by atoms with Gasteiger partial charge in [-0.3, -0.25) is 0 Å². The second-order valence-corrected chi connectivity index (χ2v) is 5.52. The van der Waals surface area contributed by atoms with Crippen molar-refractivity contribution in [2.75, 3.05) is 13.2 Å². The van der Waals surface area contributed by atoms with E-state index in [2.05, 4.69) is 0 Å². The average molecular weight is 309 g/mol. The summed E-state index contributed by atoms with van der Waals surface area (Å²) in [6, 6.07) is 0. The van der Waals surface area contributed by atoms with Crippen molar-refractivity contribution >= 4 is 0 Å². The predicted octanol–water partition coefficient (Wildman–Crippen LogP) is -3.76. The van der Waals surface area contributed by atoms with Crippen LogP contribution in [0.15, 0.2) is 0 Å². The minimum Gasteiger partial charge on any atom is -0.394 e. The molecule has 2 saturated heterocycles. The summed E-state index contributed by atoms with van der Waals surface area (Å²) in [5.41, 5.74) is -2.28. The Balaban J connectivity index is 2.23. The van der Waals surface area contributed by atoms with Gasteiger partial charge in [0, 0.05) is 0 Å². The number of aliphatic hydroxyl groups is 7. The van der Waals surface area contributed by atoms with Gasteiger partial charge in [0.2, 0.25) is 0 Å². The van der Waals surface area contributed by atoms with E-state index in [9.17, 15) is 30.6 Å². The van der Waals surface area contributed by atoms with E-state index in [0.717, 1.165) is 0 Å². The highest BCUT2D eigenvalue weighted by atomic mass is 16.6. The first-order chi connectivity index (χ1) is 9.74. The zero-order valence-electron chi connectivity index (χ0n) is 11.4. The largest absolute Gasteiger partial charge is 0.394 e. The van der Waals surface area contributed by atoms with E-state index in [-0.39, 0.29) is 0 Å². The molecule has 1 unspecified atom stereocenters. The van der Waals surface area contributed by atoms with Crippen LogP contribution in [0.3, 0.4) is 0 Å². The fraction of sp³-hybridized carbons (Fsp3) is 0.917. The molecule has 0 aliphatic carbocycles. The topological polar surface area (TPSA) is 160 Å². The lowest BCUT2D eigenvalue weighted by Crippen LogP contribution is -2.70.